The van der Waals surface area contributed by atoms with Gasteiger partial charge in [0.15, 0.2) is 0 Å². The molecule has 0 N–H and O–H groups in total. The number of piperidine rings is 1. The summed E-state index contributed by atoms with van der Waals surface area (Å²) < 4.78 is 2.26. The highest BCUT2D eigenvalue weighted by molar-refractivity contribution is 5.46. The van der Waals surface area contributed by atoms with E-state index in [4.69, 9.17) is 0 Å². The first kappa shape index (κ1) is 17.0. The van der Waals surface area contributed by atoms with Crippen LogP contribution in [0.1, 0.15) is 37.8 Å². The summed E-state index contributed by atoms with van der Waals surface area (Å²) in [5.74, 6) is 2.11. The van der Waals surface area contributed by atoms with Crippen LogP contribution in [0.2, 0.25) is 0 Å². The summed E-state index contributed by atoms with van der Waals surface area (Å²) in [6, 6.07) is 11.3. The summed E-state index contributed by atoms with van der Waals surface area (Å²) in [6.07, 6.45) is 3.60. The van der Waals surface area contributed by atoms with E-state index in [1.807, 2.05) is 6.92 Å². The Kier molecular flexibility index (Phi) is 5.51. The van der Waals surface area contributed by atoms with Crippen LogP contribution in [0.25, 0.3) is 0 Å². The third kappa shape index (κ3) is 3.78. The quantitative estimate of drug-likeness (QED) is 0.817. The number of nitrogens with zero attached hydrogens (tertiary/aromatic N) is 5. The minimum Gasteiger partial charge on any atom is -0.370 e. The van der Waals surface area contributed by atoms with E-state index < -0.39 is 0 Å². The lowest BCUT2D eigenvalue weighted by atomic mass is 10.0. The van der Waals surface area contributed by atoms with Crippen molar-refractivity contribution in [2.45, 2.75) is 52.2 Å². The zero-order valence-corrected chi connectivity index (χ0v) is 15.1. The molecule has 24 heavy (non-hydrogen) atoms. The maximum Gasteiger partial charge on any atom is 0.147 e. The number of para-hydroxylation sites is 1. The van der Waals surface area contributed by atoms with Gasteiger partial charge in [-0.1, -0.05) is 25.1 Å². The van der Waals surface area contributed by atoms with E-state index in [1.54, 1.807) is 0 Å². The number of likely N-dealkylation sites (N-methyl/N-ethyl adjacent to an activating group) is 1. The first-order valence-electron chi connectivity index (χ1n) is 9.08. The van der Waals surface area contributed by atoms with Crippen LogP contribution in [0.5, 0.6) is 0 Å². The van der Waals surface area contributed by atoms with Gasteiger partial charge in [0.1, 0.15) is 11.6 Å². The number of aryl methyl sites for hydroxylation is 1. The predicted octanol–water partition coefficient (Wildman–Crippen LogP) is 3.10. The van der Waals surface area contributed by atoms with Crippen molar-refractivity contribution in [1.29, 1.82) is 0 Å². The van der Waals surface area contributed by atoms with Gasteiger partial charge < -0.3 is 9.47 Å². The molecular formula is C19H29N5. The lowest BCUT2D eigenvalue weighted by Crippen LogP contribution is -2.46. The number of aromatic nitrogens is 3. The van der Waals surface area contributed by atoms with Crippen LogP contribution in [0.3, 0.4) is 0 Å². The Morgan fingerprint density at radius 3 is 2.75 bits per heavy atom. The molecule has 1 saturated heterocycles. The van der Waals surface area contributed by atoms with Gasteiger partial charge in [0.25, 0.3) is 0 Å². The highest BCUT2D eigenvalue weighted by Crippen LogP contribution is 2.22. The van der Waals surface area contributed by atoms with E-state index in [1.165, 1.54) is 18.5 Å². The average Bonchev–Trinajstić information content (AvgIpc) is 2.96. The van der Waals surface area contributed by atoms with Crippen LogP contribution < -0.4 is 4.90 Å². The zero-order valence-electron chi connectivity index (χ0n) is 15.1. The number of hydrogen-bond acceptors (Lipinski definition) is 4. The maximum absolute atomic E-state index is 4.40. The Labute approximate surface area is 145 Å². The molecule has 1 aliphatic rings. The second kappa shape index (κ2) is 7.79. The zero-order chi connectivity index (χ0) is 16.9. The normalized spacial score (nSPS) is 18.3. The molecule has 130 valence electrons. The van der Waals surface area contributed by atoms with E-state index >= 15 is 0 Å². The van der Waals surface area contributed by atoms with Crippen LogP contribution in [0.15, 0.2) is 30.3 Å². The standard InChI is InChI=1S/C19H29N5/c1-4-12-24-16(2)20-21-19(24)15-22(3)18-11-8-13-23(14-18)17-9-6-5-7-10-17/h5-7,9-10,18H,4,8,11-15H2,1-3H3. The molecule has 0 saturated carbocycles. The molecular weight excluding hydrogens is 298 g/mol. The fraction of sp³-hybridized carbons (Fsp3) is 0.579. The fourth-order valence-corrected chi connectivity index (χ4v) is 3.60. The largest absolute Gasteiger partial charge is 0.370 e. The van der Waals surface area contributed by atoms with Gasteiger partial charge in [-0.3, -0.25) is 4.90 Å². The number of hydrogen-bond donors (Lipinski definition) is 0. The second-order valence-corrected chi connectivity index (χ2v) is 6.81. The second-order valence-electron chi connectivity index (χ2n) is 6.81. The Bertz CT molecular complexity index is 636. The van der Waals surface area contributed by atoms with Crippen LogP contribution >= 0.6 is 0 Å². The Balaban J connectivity index is 1.65. The topological polar surface area (TPSA) is 37.2 Å². The van der Waals surface area contributed by atoms with E-state index in [2.05, 4.69) is 68.9 Å². The van der Waals surface area contributed by atoms with Gasteiger partial charge in [-0.15, -0.1) is 10.2 Å². The first-order valence-corrected chi connectivity index (χ1v) is 9.08. The lowest BCUT2D eigenvalue weighted by Gasteiger charge is -2.38. The molecule has 0 radical (unpaired) electrons. The molecule has 0 bridgehead atoms. The van der Waals surface area contributed by atoms with E-state index in [0.29, 0.717) is 6.04 Å². The molecule has 5 heteroatoms. The van der Waals surface area contributed by atoms with Crippen molar-refractivity contribution >= 4 is 5.69 Å². The monoisotopic (exact) mass is 327 g/mol. The van der Waals surface area contributed by atoms with E-state index in [0.717, 1.165) is 44.2 Å². The summed E-state index contributed by atoms with van der Waals surface area (Å²) in [6.45, 7) is 8.35. The van der Waals surface area contributed by atoms with Gasteiger partial charge in [0, 0.05) is 31.4 Å². The van der Waals surface area contributed by atoms with Crippen molar-refractivity contribution in [3.8, 4) is 0 Å². The Hall–Kier alpha value is -1.88. The maximum atomic E-state index is 4.40. The summed E-state index contributed by atoms with van der Waals surface area (Å²) in [4.78, 5) is 4.96. The van der Waals surface area contributed by atoms with Crippen molar-refractivity contribution < 1.29 is 0 Å². The van der Waals surface area contributed by atoms with Gasteiger partial charge in [-0.2, -0.15) is 0 Å². The molecule has 1 unspecified atom stereocenters. The Morgan fingerprint density at radius 2 is 2.00 bits per heavy atom. The number of anilines is 1. The van der Waals surface area contributed by atoms with E-state index in [9.17, 15) is 0 Å². The molecule has 1 aromatic carbocycles. The molecule has 3 rings (SSSR count). The third-order valence-electron chi connectivity index (χ3n) is 4.99. The minimum atomic E-state index is 0.561. The third-order valence-corrected chi connectivity index (χ3v) is 4.99. The van der Waals surface area contributed by atoms with Gasteiger partial charge in [0.2, 0.25) is 0 Å². The van der Waals surface area contributed by atoms with Crippen LogP contribution in [-0.2, 0) is 13.1 Å². The van der Waals surface area contributed by atoms with Crippen LogP contribution in [0, 0.1) is 6.92 Å². The highest BCUT2D eigenvalue weighted by Gasteiger charge is 2.24. The molecule has 1 aliphatic heterocycles. The van der Waals surface area contributed by atoms with Crippen molar-refractivity contribution in [1.82, 2.24) is 19.7 Å². The molecule has 1 aromatic heterocycles. The molecule has 5 nitrogen and oxygen atoms in total. The van der Waals surface area contributed by atoms with Gasteiger partial charge >= 0.3 is 0 Å². The van der Waals surface area contributed by atoms with Crippen molar-refractivity contribution in [3.63, 3.8) is 0 Å². The van der Waals surface area contributed by atoms with Crippen molar-refractivity contribution in [2.75, 3.05) is 25.0 Å². The van der Waals surface area contributed by atoms with Crippen molar-refractivity contribution in [2.24, 2.45) is 0 Å². The van der Waals surface area contributed by atoms with Crippen LogP contribution in [0.4, 0.5) is 5.69 Å². The van der Waals surface area contributed by atoms with Gasteiger partial charge in [-0.05, 0) is 45.4 Å². The smallest absolute Gasteiger partial charge is 0.147 e. The highest BCUT2D eigenvalue weighted by atomic mass is 15.3. The molecule has 2 heterocycles. The van der Waals surface area contributed by atoms with Crippen LogP contribution in [-0.4, -0.2) is 45.8 Å². The molecule has 0 spiro atoms. The molecule has 0 amide bonds. The summed E-state index contributed by atoms with van der Waals surface area (Å²) in [7, 11) is 2.22. The average molecular weight is 327 g/mol. The van der Waals surface area contributed by atoms with Crippen molar-refractivity contribution in [3.05, 3.63) is 42.0 Å². The summed E-state index contributed by atoms with van der Waals surface area (Å²) in [5.41, 5.74) is 1.33. The number of rotatable bonds is 6. The Morgan fingerprint density at radius 1 is 1.21 bits per heavy atom. The summed E-state index contributed by atoms with van der Waals surface area (Å²) in [5, 5.41) is 8.68. The number of benzene rings is 1. The molecule has 0 aliphatic carbocycles. The molecule has 1 fully saturated rings. The van der Waals surface area contributed by atoms with Gasteiger partial charge in [-0.25, -0.2) is 0 Å². The lowest BCUT2D eigenvalue weighted by molar-refractivity contribution is 0.200. The molecule has 2 aromatic rings. The molecule has 1 atom stereocenters. The van der Waals surface area contributed by atoms with Gasteiger partial charge in [0.05, 0.1) is 6.54 Å². The fourth-order valence-electron chi connectivity index (χ4n) is 3.60. The first-order chi connectivity index (χ1) is 11.7. The van der Waals surface area contributed by atoms with E-state index in [-0.39, 0.29) is 0 Å². The predicted molar refractivity (Wildman–Crippen MR) is 98.2 cm³/mol. The minimum absolute atomic E-state index is 0.561. The summed E-state index contributed by atoms with van der Waals surface area (Å²) >= 11 is 0. The SMILES string of the molecule is CCCn1c(C)nnc1CN(C)C1CCCN(c2ccccc2)C1.